The molecule has 0 bridgehead atoms. The highest BCUT2D eigenvalue weighted by atomic mass is 19.3. The highest BCUT2D eigenvalue weighted by Crippen LogP contribution is 2.28. The minimum atomic E-state index is -3.50. The number of benzene rings is 1. The summed E-state index contributed by atoms with van der Waals surface area (Å²) < 4.78 is 62.1. The summed E-state index contributed by atoms with van der Waals surface area (Å²) in [6.07, 6.45) is -3.50. The zero-order chi connectivity index (χ0) is 10.9. The Morgan fingerprint density at radius 2 is 1.71 bits per heavy atom. The van der Waals surface area contributed by atoms with Gasteiger partial charge >= 0.3 is 0 Å². The van der Waals surface area contributed by atoms with Crippen molar-refractivity contribution in [3.8, 4) is 6.07 Å². The highest BCUT2D eigenvalue weighted by molar-refractivity contribution is 5.37. The van der Waals surface area contributed by atoms with Gasteiger partial charge in [-0.15, -0.1) is 0 Å². The minimum Gasteiger partial charge on any atom is -0.205 e. The molecule has 0 saturated heterocycles. The van der Waals surface area contributed by atoms with Crippen LogP contribution in [0.5, 0.6) is 0 Å². The summed E-state index contributed by atoms with van der Waals surface area (Å²) in [5, 5.41) is 8.22. The molecule has 0 aliphatic heterocycles. The van der Waals surface area contributed by atoms with Crippen LogP contribution in [0.4, 0.5) is 22.0 Å². The molecule has 0 amide bonds. The fourth-order valence-electron chi connectivity index (χ4n) is 0.896. The van der Waals surface area contributed by atoms with Crippen LogP contribution in [0.1, 0.15) is 17.6 Å². The smallest absolute Gasteiger partial charge is 0.205 e. The maximum absolute atomic E-state index is 12.9. The Balaban J connectivity index is 3.55. The molecule has 0 heterocycles. The van der Waals surface area contributed by atoms with Crippen LogP contribution in [-0.4, -0.2) is 0 Å². The zero-order valence-electron chi connectivity index (χ0n) is 6.49. The van der Waals surface area contributed by atoms with E-state index >= 15 is 0 Å². The second-order valence-electron chi connectivity index (χ2n) is 2.36. The van der Waals surface area contributed by atoms with Gasteiger partial charge in [0.05, 0.1) is 11.1 Å². The van der Waals surface area contributed by atoms with Crippen LogP contribution in [0.3, 0.4) is 0 Å². The summed E-state index contributed by atoms with van der Waals surface area (Å²) in [4.78, 5) is 0. The van der Waals surface area contributed by atoms with Crippen LogP contribution in [0, 0.1) is 28.8 Å². The van der Waals surface area contributed by atoms with Crippen molar-refractivity contribution in [2.24, 2.45) is 0 Å². The Kier molecular flexibility index (Phi) is 2.70. The predicted molar refractivity (Wildman–Crippen MR) is 36.0 cm³/mol. The molecule has 1 nitrogen and oxygen atoms in total. The Morgan fingerprint density at radius 1 is 1.14 bits per heavy atom. The SMILES string of the molecule is N#Cc1cc(F)c(F)c(C(F)F)c1F. The van der Waals surface area contributed by atoms with Gasteiger partial charge in [-0.3, -0.25) is 0 Å². The van der Waals surface area contributed by atoms with Crippen molar-refractivity contribution in [2.75, 3.05) is 0 Å². The number of nitriles is 1. The van der Waals surface area contributed by atoms with Gasteiger partial charge in [-0.1, -0.05) is 0 Å². The Morgan fingerprint density at radius 3 is 2.14 bits per heavy atom. The molecular weight excluding hydrogens is 205 g/mol. The molecule has 1 aromatic carbocycles. The van der Waals surface area contributed by atoms with Gasteiger partial charge in [0.15, 0.2) is 17.5 Å². The lowest BCUT2D eigenvalue weighted by molar-refractivity contribution is 0.139. The topological polar surface area (TPSA) is 23.8 Å². The molecule has 0 radical (unpaired) electrons. The van der Waals surface area contributed by atoms with Crippen molar-refractivity contribution in [1.29, 1.82) is 5.26 Å². The van der Waals surface area contributed by atoms with Crippen molar-refractivity contribution < 1.29 is 22.0 Å². The predicted octanol–water partition coefficient (Wildman–Crippen LogP) is 2.91. The monoisotopic (exact) mass is 207 g/mol. The van der Waals surface area contributed by atoms with E-state index in [1.807, 2.05) is 0 Å². The lowest BCUT2D eigenvalue weighted by Crippen LogP contribution is -2.02. The van der Waals surface area contributed by atoms with Gasteiger partial charge in [0, 0.05) is 0 Å². The van der Waals surface area contributed by atoms with E-state index < -0.39 is 35.0 Å². The van der Waals surface area contributed by atoms with E-state index in [0.29, 0.717) is 0 Å². The zero-order valence-corrected chi connectivity index (χ0v) is 6.49. The van der Waals surface area contributed by atoms with Crippen LogP contribution in [0.2, 0.25) is 0 Å². The molecule has 1 aromatic rings. The Bertz CT molecular complexity index is 407. The van der Waals surface area contributed by atoms with Crippen molar-refractivity contribution in [1.82, 2.24) is 0 Å². The summed E-state index contributed by atoms with van der Waals surface area (Å²) >= 11 is 0. The molecule has 0 saturated carbocycles. The minimum absolute atomic E-state index is 0.233. The molecule has 0 N–H and O–H groups in total. The van der Waals surface area contributed by atoms with Crippen molar-refractivity contribution in [2.45, 2.75) is 6.43 Å². The number of rotatable bonds is 1. The lowest BCUT2D eigenvalue weighted by Gasteiger charge is -2.05. The third-order valence-electron chi connectivity index (χ3n) is 1.53. The highest BCUT2D eigenvalue weighted by Gasteiger charge is 2.25. The van der Waals surface area contributed by atoms with Crippen LogP contribution >= 0.6 is 0 Å². The average Bonchev–Trinajstić information content (AvgIpc) is 2.11. The van der Waals surface area contributed by atoms with Crippen LogP contribution in [0.15, 0.2) is 6.07 Å². The molecular formula is C8H2F5N. The van der Waals surface area contributed by atoms with Gasteiger partial charge in [0.1, 0.15) is 6.07 Å². The number of hydrogen-bond acceptors (Lipinski definition) is 1. The van der Waals surface area contributed by atoms with Gasteiger partial charge in [-0.25, -0.2) is 22.0 Å². The second-order valence-corrected chi connectivity index (χ2v) is 2.36. The van der Waals surface area contributed by atoms with E-state index in [2.05, 4.69) is 0 Å². The molecule has 14 heavy (non-hydrogen) atoms. The standard InChI is InChI=1S/C8H2F5N/c9-4-1-3(2-14)6(10)5(7(4)11)8(12)13/h1,8H. The molecule has 0 atom stereocenters. The van der Waals surface area contributed by atoms with E-state index in [4.69, 9.17) is 5.26 Å². The summed E-state index contributed by atoms with van der Waals surface area (Å²) in [7, 11) is 0. The first-order chi connectivity index (χ1) is 6.49. The summed E-state index contributed by atoms with van der Waals surface area (Å²) in [6.45, 7) is 0. The van der Waals surface area contributed by atoms with Gasteiger partial charge < -0.3 is 0 Å². The number of nitrogens with zero attached hydrogens (tertiary/aromatic N) is 1. The number of hydrogen-bond donors (Lipinski definition) is 0. The normalized spacial score (nSPS) is 10.4. The second kappa shape index (κ2) is 3.62. The molecule has 0 aliphatic rings. The third kappa shape index (κ3) is 1.53. The van der Waals surface area contributed by atoms with E-state index in [1.165, 1.54) is 0 Å². The molecule has 0 unspecified atom stereocenters. The van der Waals surface area contributed by atoms with Gasteiger partial charge in [-0.2, -0.15) is 5.26 Å². The maximum atomic E-state index is 12.9. The van der Waals surface area contributed by atoms with Crippen molar-refractivity contribution in [3.05, 3.63) is 34.6 Å². The summed E-state index contributed by atoms with van der Waals surface area (Å²) in [5.74, 6) is -5.35. The summed E-state index contributed by atoms with van der Waals surface area (Å²) in [6, 6.07) is 1.38. The molecule has 6 heteroatoms. The molecule has 1 rings (SSSR count). The third-order valence-corrected chi connectivity index (χ3v) is 1.53. The number of halogens is 5. The van der Waals surface area contributed by atoms with E-state index in [0.717, 1.165) is 6.07 Å². The van der Waals surface area contributed by atoms with E-state index in [9.17, 15) is 22.0 Å². The Hall–Kier alpha value is -1.64. The largest absolute Gasteiger partial charge is 0.269 e. The van der Waals surface area contributed by atoms with Crippen LogP contribution in [0.25, 0.3) is 0 Å². The average molecular weight is 207 g/mol. The number of alkyl halides is 2. The maximum Gasteiger partial charge on any atom is 0.269 e. The lowest BCUT2D eigenvalue weighted by atomic mass is 10.1. The fourth-order valence-corrected chi connectivity index (χ4v) is 0.896. The van der Waals surface area contributed by atoms with Gasteiger partial charge in [-0.05, 0) is 6.07 Å². The molecule has 74 valence electrons. The first-order valence-electron chi connectivity index (χ1n) is 3.34. The molecule has 0 spiro atoms. The molecule has 0 aliphatic carbocycles. The van der Waals surface area contributed by atoms with E-state index in [-0.39, 0.29) is 6.07 Å². The van der Waals surface area contributed by atoms with Crippen molar-refractivity contribution >= 4 is 0 Å². The van der Waals surface area contributed by atoms with Crippen LogP contribution < -0.4 is 0 Å². The van der Waals surface area contributed by atoms with Gasteiger partial charge in [0.2, 0.25) is 0 Å². The molecule has 0 aromatic heterocycles. The van der Waals surface area contributed by atoms with Crippen molar-refractivity contribution in [3.63, 3.8) is 0 Å². The Labute approximate surface area is 75.4 Å². The van der Waals surface area contributed by atoms with E-state index in [1.54, 1.807) is 0 Å². The van der Waals surface area contributed by atoms with Crippen LogP contribution in [-0.2, 0) is 0 Å². The van der Waals surface area contributed by atoms with Gasteiger partial charge in [0.25, 0.3) is 6.43 Å². The first kappa shape index (κ1) is 10.4. The first-order valence-corrected chi connectivity index (χ1v) is 3.34. The fraction of sp³-hybridized carbons (Fsp3) is 0.125. The molecule has 0 fully saturated rings. The quantitative estimate of drug-likeness (QED) is 0.513. The summed E-state index contributed by atoms with van der Waals surface area (Å²) in [5.41, 5.74) is -2.65.